The summed E-state index contributed by atoms with van der Waals surface area (Å²) in [5.74, 6) is 1.11. The molecule has 1 N–H and O–H groups in total. The van der Waals surface area contributed by atoms with Crippen molar-refractivity contribution < 1.29 is 18.3 Å². The zero-order valence-electron chi connectivity index (χ0n) is 16.8. The fourth-order valence-corrected chi connectivity index (χ4v) is 2.80. The molecule has 0 bridgehead atoms. The fraction of sp³-hybridized carbons (Fsp3) is 0.450. The van der Waals surface area contributed by atoms with Crippen molar-refractivity contribution in [1.82, 2.24) is 14.8 Å². The van der Waals surface area contributed by atoms with Crippen molar-refractivity contribution in [1.29, 1.82) is 0 Å². The number of alkyl halides is 2. The minimum Gasteiger partial charge on any atom is -0.493 e. The third-order valence-corrected chi connectivity index (χ3v) is 4.25. The van der Waals surface area contributed by atoms with E-state index in [-0.39, 0.29) is 11.5 Å². The number of rotatable bonds is 9. The average molecular weight is 394 g/mol. The number of ether oxygens (including phenoxy) is 2. The first-order valence-corrected chi connectivity index (χ1v) is 9.16. The largest absolute Gasteiger partial charge is 0.493 e. The van der Waals surface area contributed by atoms with Gasteiger partial charge in [-0.1, -0.05) is 6.07 Å². The Bertz CT molecular complexity index is 777. The van der Waals surface area contributed by atoms with Gasteiger partial charge in [0.25, 0.3) is 0 Å². The van der Waals surface area contributed by atoms with E-state index in [1.165, 1.54) is 12.8 Å². The molecule has 8 heteroatoms. The number of aliphatic imine (C=N–C) groups is 1. The van der Waals surface area contributed by atoms with Crippen molar-refractivity contribution in [3.8, 4) is 11.5 Å². The molecule has 0 amide bonds. The fourth-order valence-electron chi connectivity index (χ4n) is 2.80. The molecule has 0 unspecified atom stereocenters. The number of hydrogen-bond donors (Lipinski definition) is 1. The molecule has 0 atom stereocenters. The monoisotopic (exact) mass is 394 g/mol. The summed E-state index contributed by atoms with van der Waals surface area (Å²) >= 11 is 0. The topological polar surface area (TPSA) is 51.0 Å². The van der Waals surface area contributed by atoms with Gasteiger partial charge in [0.15, 0.2) is 17.5 Å². The molecule has 0 saturated carbocycles. The zero-order valence-corrected chi connectivity index (χ0v) is 16.8. The Kier molecular flexibility index (Phi) is 8.10. The summed E-state index contributed by atoms with van der Waals surface area (Å²) in [6, 6.07) is 9.11. The van der Waals surface area contributed by atoms with Crippen LogP contribution in [0.25, 0.3) is 0 Å². The second-order valence-corrected chi connectivity index (χ2v) is 6.32. The molecule has 2 rings (SSSR count). The van der Waals surface area contributed by atoms with Crippen LogP contribution < -0.4 is 14.8 Å². The van der Waals surface area contributed by atoms with Gasteiger partial charge in [-0.25, -0.2) is 0 Å². The van der Waals surface area contributed by atoms with Gasteiger partial charge in [0.2, 0.25) is 0 Å². The van der Waals surface area contributed by atoms with Gasteiger partial charge in [0.05, 0.1) is 13.7 Å². The van der Waals surface area contributed by atoms with Gasteiger partial charge in [-0.3, -0.25) is 4.99 Å². The lowest BCUT2D eigenvalue weighted by Crippen LogP contribution is -2.39. The van der Waals surface area contributed by atoms with Crippen molar-refractivity contribution in [2.24, 2.45) is 12.0 Å². The number of halogens is 2. The molecule has 2 aromatic rings. The molecule has 0 radical (unpaired) electrons. The maximum absolute atomic E-state index is 12.6. The van der Waals surface area contributed by atoms with E-state index >= 15 is 0 Å². The summed E-state index contributed by atoms with van der Waals surface area (Å²) in [5.41, 5.74) is 2.03. The average Bonchev–Trinajstić information content (AvgIpc) is 3.05. The number of nitrogens with one attached hydrogen (secondary N) is 1. The second-order valence-electron chi connectivity index (χ2n) is 6.32. The van der Waals surface area contributed by atoms with E-state index in [2.05, 4.69) is 30.6 Å². The highest BCUT2D eigenvalue weighted by Gasteiger charge is 2.12. The van der Waals surface area contributed by atoms with E-state index in [1.807, 2.05) is 39.3 Å². The van der Waals surface area contributed by atoms with Crippen molar-refractivity contribution in [3.05, 3.63) is 47.8 Å². The second kappa shape index (κ2) is 10.5. The molecular formula is C20H28F2N4O2. The molecular weight excluding hydrogens is 366 g/mol. The Morgan fingerprint density at radius 1 is 1.29 bits per heavy atom. The highest BCUT2D eigenvalue weighted by molar-refractivity contribution is 5.79. The summed E-state index contributed by atoms with van der Waals surface area (Å²) in [5, 5.41) is 3.28. The van der Waals surface area contributed by atoms with Crippen LogP contribution in [0.15, 0.2) is 41.5 Å². The summed E-state index contributed by atoms with van der Waals surface area (Å²) < 4.78 is 36.8. The number of aryl methyl sites for hydroxylation is 1. The third kappa shape index (κ3) is 6.14. The molecule has 1 aromatic carbocycles. The highest BCUT2D eigenvalue weighted by Crippen LogP contribution is 2.29. The predicted molar refractivity (Wildman–Crippen MR) is 106 cm³/mol. The molecule has 1 aromatic heterocycles. The Labute approximate surface area is 164 Å². The van der Waals surface area contributed by atoms with Crippen LogP contribution in [0.2, 0.25) is 0 Å². The minimum atomic E-state index is -2.89. The van der Waals surface area contributed by atoms with E-state index in [1.54, 1.807) is 12.1 Å². The van der Waals surface area contributed by atoms with Crippen LogP contribution in [-0.4, -0.2) is 49.3 Å². The maximum Gasteiger partial charge on any atom is 0.387 e. The summed E-state index contributed by atoms with van der Waals surface area (Å²) in [7, 11) is 5.41. The molecule has 0 spiro atoms. The first kappa shape index (κ1) is 21.5. The lowest BCUT2D eigenvalue weighted by Gasteiger charge is -2.22. The van der Waals surface area contributed by atoms with Crippen molar-refractivity contribution >= 4 is 5.96 Å². The first-order chi connectivity index (χ1) is 13.4. The minimum absolute atomic E-state index is 0.0340. The van der Waals surface area contributed by atoms with Crippen LogP contribution >= 0.6 is 0 Å². The first-order valence-electron chi connectivity index (χ1n) is 9.16. The lowest BCUT2D eigenvalue weighted by molar-refractivity contribution is -0.0512. The van der Waals surface area contributed by atoms with Crippen molar-refractivity contribution in [2.75, 3.05) is 27.2 Å². The van der Waals surface area contributed by atoms with E-state index in [0.29, 0.717) is 13.0 Å². The van der Waals surface area contributed by atoms with Crippen molar-refractivity contribution in [2.45, 2.75) is 26.5 Å². The Morgan fingerprint density at radius 2 is 2.07 bits per heavy atom. The van der Waals surface area contributed by atoms with Crippen LogP contribution in [0, 0.1) is 0 Å². The molecule has 154 valence electrons. The van der Waals surface area contributed by atoms with E-state index in [0.717, 1.165) is 24.6 Å². The van der Waals surface area contributed by atoms with E-state index < -0.39 is 6.61 Å². The van der Waals surface area contributed by atoms with Gasteiger partial charge in [0.1, 0.15) is 0 Å². The molecule has 28 heavy (non-hydrogen) atoms. The lowest BCUT2D eigenvalue weighted by atomic mass is 10.1. The SMILES string of the molecule is CCNC(=NCCc1ccc(OC)c(OC(F)F)c1)N(C)Cc1cccn1C. The van der Waals surface area contributed by atoms with Crippen LogP contribution in [0.5, 0.6) is 11.5 Å². The molecule has 0 aliphatic carbocycles. The molecule has 0 saturated heterocycles. The molecule has 0 fully saturated rings. The normalized spacial score (nSPS) is 11.6. The van der Waals surface area contributed by atoms with E-state index in [9.17, 15) is 8.78 Å². The molecule has 0 aliphatic rings. The highest BCUT2D eigenvalue weighted by atomic mass is 19.3. The van der Waals surface area contributed by atoms with E-state index in [4.69, 9.17) is 4.74 Å². The van der Waals surface area contributed by atoms with Crippen LogP contribution in [0.3, 0.4) is 0 Å². The molecule has 0 aliphatic heterocycles. The van der Waals surface area contributed by atoms with Crippen LogP contribution in [-0.2, 0) is 20.0 Å². The Morgan fingerprint density at radius 3 is 2.68 bits per heavy atom. The van der Waals surface area contributed by atoms with Gasteiger partial charge >= 0.3 is 6.61 Å². The number of aromatic nitrogens is 1. The number of hydrogen-bond acceptors (Lipinski definition) is 3. The Balaban J connectivity index is 2.03. The third-order valence-electron chi connectivity index (χ3n) is 4.25. The Hall–Kier alpha value is -2.77. The quantitative estimate of drug-likeness (QED) is 0.524. The summed E-state index contributed by atoms with van der Waals surface area (Å²) in [4.78, 5) is 6.71. The van der Waals surface area contributed by atoms with Gasteiger partial charge in [-0.15, -0.1) is 0 Å². The number of methoxy groups -OCH3 is 1. The van der Waals surface area contributed by atoms with Crippen molar-refractivity contribution in [3.63, 3.8) is 0 Å². The van der Waals surface area contributed by atoms with Gasteiger partial charge in [-0.05, 0) is 43.2 Å². The van der Waals surface area contributed by atoms with Gasteiger partial charge < -0.3 is 24.3 Å². The number of guanidine groups is 1. The smallest absolute Gasteiger partial charge is 0.387 e. The van der Waals surface area contributed by atoms with Gasteiger partial charge in [0, 0.05) is 39.1 Å². The molecule has 1 heterocycles. The summed E-state index contributed by atoms with van der Waals surface area (Å²) in [6.07, 6.45) is 2.60. The number of nitrogens with zero attached hydrogens (tertiary/aromatic N) is 3. The predicted octanol–water partition coefficient (Wildman–Crippen LogP) is 3.28. The number of benzene rings is 1. The summed E-state index contributed by atoms with van der Waals surface area (Å²) in [6.45, 7) is 1.12. The molecule has 6 nitrogen and oxygen atoms in total. The van der Waals surface area contributed by atoms with Crippen LogP contribution in [0.1, 0.15) is 18.2 Å². The standard InChI is InChI=1S/C20H28F2N4O2/c1-5-23-20(26(3)14-16-7-6-12-25(16)2)24-11-10-15-8-9-17(27-4)18(13-15)28-19(21)22/h6-9,12-13,19H,5,10-11,14H2,1-4H3,(H,23,24). The zero-order chi connectivity index (χ0) is 20.5. The maximum atomic E-state index is 12.6. The van der Waals surface area contributed by atoms with Crippen LogP contribution in [0.4, 0.5) is 8.78 Å². The van der Waals surface area contributed by atoms with Gasteiger partial charge in [-0.2, -0.15) is 8.78 Å².